The third-order valence-corrected chi connectivity index (χ3v) is 0.751. The van der Waals surface area contributed by atoms with Crippen molar-refractivity contribution in [1.82, 2.24) is 0 Å². The van der Waals surface area contributed by atoms with Gasteiger partial charge in [-0.05, 0) is 0 Å². The van der Waals surface area contributed by atoms with Gasteiger partial charge in [0.25, 0.3) is 0 Å². The van der Waals surface area contributed by atoms with Gasteiger partial charge in [-0.15, -0.1) is 5.16 Å². The molecule has 3 nitrogen and oxygen atoms in total. The SMILES string of the molecule is COCC(C)C=NO. The number of rotatable bonds is 3. The minimum atomic E-state index is 0.199. The van der Waals surface area contributed by atoms with Crippen molar-refractivity contribution in [3.8, 4) is 0 Å². The zero-order chi connectivity index (χ0) is 6.41. The highest BCUT2D eigenvalue weighted by Gasteiger charge is 1.93. The molecule has 0 amide bonds. The van der Waals surface area contributed by atoms with Gasteiger partial charge >= 0.3 is 0 Å². The average molecular weight is 117 g/mol. The molecule has 1 unspecified atom stereocenters. The molecule has 0 radical (unpaired) electrons. The topological polar surface area (TPSA) is 41.8 Å². The minimum absolute atomic E-state index is 0.199. The smallest absolute Gasteiger partial charge is 0.0538 e. The van der Waals surface area contributed by atoms with Gasteiger partial charge in [-0.3, -0.25) is 0 Å². The predicted octanol–water partition coefficient (Wildman–Crippen LogP) is 0.729. The summed E-state index contributed by atoms with van der Waals surface area (Å²) < 4.78 is 4.75. The van der Waals surface area contributed by atoms with E-state index in [4.69, 9.17) is 9.94 Å². The Labute approximate surface area is 49.0 Å². The largest absolute Gasteiger partial charge is 0.411 e. The van der Waals surface area contributed by atoms with Crippen molar-refractivity contribution < 1.29 is 9.94 Å². The number of hydrogen-bond acceptors (Lipinski definition) is 3. The summed E-state index contributed by atoms with van der Waals surface area (Å²) in [5.41, 5.74) is 0. The van der Waals surface area contributed by atoms with E-state index in [2.05, 4.69) is 5.16 Å². The molecule has 0 aliphatic carbocycles. The first-order valence-electron chi connectivity index (χ1n) is 2.47. The fraction of sp³-hybridized carbons (Fsp3) is 0.800. The lowest BCUT2D eigenvalue weighted by atomic mass is 10.2. The monoisotopic (exact) mass is 117 g/mol. The van der Waals surface area contributed by atoms with Crippen LogP contribution in [0, 0.1) is 5.92 Å². The number of hydrogen-bond donors (Lipinski definition) is 1. The van der Waals surface area contributed by atoms with Crippen LogP contribution in [0.4, 0.5) is 0 Å². The van der Waals surface area contributed by atoms with Crippen molar-refractivity contribution in [2.45, 2.75) is 6.92 Å². The van der Waals surface area contributed by atoms with Crippen LogP contribution in [0.5, 0.6) is 0 Å². The van der Waals surface area contributed by atoms with Crippen LogP contribution in [0.2, 0.25) is 0 Å². The van der Waals surface area contributed by atoms with Gasteiger partial charge in [-0.2, -0.15) is 0 Å². The lowest BCUT2D eigenvalue weighted by molar-refractivity contribution is 0.181. The van der Waals surface area contributed by atoms with Crippen LogP contribution in [0.15, 0.2) is 5.16 Å². The zero-order valence-electron chi connectivity index (χ0n) is 5.16. The second-order valence-corrected chi connectivity index (χ2v) is 1.70. The van der Waals surface area contributed by atoms with Gasteiger partial charge in [0.1, 0.15) is 0 Å². The van der Waals surface area contributed by atoms with E-state index in [9.17, 15) is 0 Å². The summed E-state index contributed by atoms with van der Waals surface area (Å²) >= 11 is 0. The number of nitrogens with zero attached hydrogens (tertiary/aromatic N) is 1. The summed E-state index contributed by atoms with van der Waals surface area (Å²) in [5.74, 6) is 0.199. The Morgan fingerprint density at radius 2 is 2.50 bits per heavy atom. The lowest BCUT2D eigenvalue weighted by Crippen LogP contribution is -2.03. The van der Waals surface area contributed by atoms with E-state index in [-0.39, 0.29) is 5.92 Å². The van der Waals surface area contributed by atoms with Gasteiger partial charge in [0.15, 0.2) is 0 Å². The Hall–Kier alpha value is -0.570. The number of methoxy groups -OCH3 is 1. The van der Waals surface area contributed by atoms with Crippen LogP contribution < -0.4 is 0 Å². The molecule has 0 aliphatic heterocycles. The van der Waals surface area contributed by atoms with E-state index in [0.717, 1.165) is 0 Å². The van der Waals surface area contributed by atoms with Gasteiger partial charge < -0.3 is 9.94 Å². The highest BCUT2D eigenvalue weighted by atomic mass is 16.5. The Morgan fingerprint density at radius 3 is 2.88 bits per heavy atom. The minimum Gasteiger partial charge on any atom is -0.411 e. The van der Waals surface area contributed by atoms with E-state index < -0.39 is 0 Å². The van der Waals surface area contributed by atoms with Crippen LogP contribution in [0.3, 0.4) is 0 Å². The molecule has 0 saturated heterocycles. The Bertz CT molecular complexity index is 72.8. The molecule has 3 heteroatoms. The molecule has 0 heterocycles. The molecule has 0 spiro atoms. The summed E-state index contributed by atoms with van der Waals surface area (Å²) in [6.07, 6.45) is 1.43. The van der Waals surface area contributed by atoms with Crippen molar-refractivity contribution in [3.63, 3.8) is 0 Å². The summed E-state index contributed by atoms with van der Waals surface area (Å²) in [6, 6.07) is 0. The zero-order valence-corrected chi connectivity index (χ0v) is 5.16. The van der Waals surface area contributed by atoms with Gasteiger partial charge in [0, 0.05) is 19.2 Å². The van der Waals surface area contributed by atoms with Crippen LogP contribution in [-0.4, -0.2) is 25.1 Å². The van der Waals surface area contributed by atoms with Crippen molar-refractivity contribution in [3.05, 3.63) is 0 Å². The Kier molecular flexibility index (Phi) is 4.26. The molecule has 48 valence electrons. The van der Waals surface area contributed by atoms with Crippen LogP contribution in [0.25, 0.3) is 0 Å². The fourth-order valence-corrected chi connectivity index (χ4v) is 0.420. The highest BCUT2D eigenvalue weighted by Crippen LogP contribution is 1.88. The molecule has 1 N–H and O–H groups in total. The Morgan fingerprint density at radius 1 is 1.88 bits per heavy atom. The van der Waals surface area contributed by atoms with Gasteiger partial charge in [0.2, 0.25) is 0 Å². The second-order valence-electron chi connectivity index (χ2n) is 1.70. The third-order valence-electron chi connectivity index (χ3n) is 0.751. The highest BCUT2D eigenvalue weighted by molar-refractivity contribution is 5.59. The first-order valence-corrected chi connectivity index (χ1v) is 2.47. The normalized spacial score (nSPS) is 14.8. The molecule has 0 aromatic rings. The summed E-state index contributed by atoms with van der Waals surface area (Å²) in [6.45, 7) is 2.51. The lowest BCUT2D eigenvalue weighted by Gasteiger charge is -1.99. The van der Waals surface area contributed by atoms with E-state index in [0.29, 0.717) is 6.61 Å². The van der Waals surface area contributed by atoms with E-state index in [1.54, 1.807) is 7.11 Å². The van der Waals surface area contributed by atoms with Crippen LogP contribution in [0.1, 0.15) is 6.92 Å². The van der Waals surface area contributed by atoms with Crippen molar-refractivity contribution in [1.29, 1.82) is 0 Å². The van der Waals surface area contributed by atoms with Crippen molar-refractivity contribution in [2.24, 2.45) is 11.1 Å². The summed E-state index contributed by atoms with van der Waals surface area (Å²) in [5, 5.41) is 10.8. The first-order chi connectivity index (χ1) is 3.81. The quantitative estimate of drug-likeness (QED) is 0.336. The number of oxime groups is 1. The van der Waals surface area contributed by atoms with Crippen molar-refractivity contribution in [2.75, 3.05) is 13.7 Å². The molecule has 0 aromatic carbocycles. The standard InChI is InChI=1S/C5H11NO2/c1-5(3-6-7)4-8-2/h3,5,7H,4H2,1-2H3. The molecular formula is C5H11NO2. The molecule has 8 heavy (non-hydrogen) atoms. The van der Waals surface area contributed by atoms with Crippen LogP contribution in [-0.2, 0) is 4.74 Å². The summed E-state index contributed by atoms with van der Waals surface area (Å²) in [7, 11) is 1.61. The molecule has 0 aliphatic rings. The predicted molar refractivity (Wildman–Crippen MR) is 31.3 cm³/mol. The maximum Gasteiger partial charge on any atom is 0.0538 e. The molecule has 0 bridgehead atoms. The average Bonchev–Trinajstić information content (AvgIpc) is 1.68. The van der Waals surface area contributed by atoms with Gasteiger partial charge in [0.05, 0.1) is 6.61 Å². The first kappa shape index (κ1) is 7.43. The molecule has 0 rings (SSSR count). The van der Waals surface area contributed by atoms with E-state index in [1.807, 2.05) is 6.92 Å². The van der Waals surface area contributed by atoms with Crippen LogP contribution >= 0.6 is 0 Å². The molecule has 0 aromatic heterocycles. The third kappa shape index (κ3) is 3.61. The fourth-order valence-electron chi connectivity index (χ4n) is 0.420. The molecule has 1 atom stereocenters. The van der Waals surface area contributed by atoms with Gasteiger partial charge in [-0.25, -0.2) is 0 Å². The molecule has 0 saturated carbocycles. The maximum atomic E-state index is 7.98. The van der Waals surface area contributed by atoms with E-state index >= 15 is 0 Å². The second kappa shape index (κ2) is 4.59. The molecular weight excluding hydrogens is 106 g/mol. The molecule has 0 fully saturated rings. The Balaban J connectivity index is 3.17. The summed E-state index contributed by atoms with van der Waals surface area (Å²) in [4.78, 5) is 0. The van der Waals surface area contributed by atoms with E-state index in [1.165, 1.54) is 6.21 Å². The number of ether oxygens (including phenoxy) is 1. The maximum absolute atomic E-state index is 7.98. The van der Waals surface area contributed by atoms with Gasteiger partial charge in [-0.1, -0.05) is 6.92 Å². The van der Waals surface area contributed by atoms with Crippen molar-refractivity contribution >= 4 is 6.21 Å².